The fourth-order valence-electron chi connectivity index (χ4n) is 2.38. The minimum absolute atomic E-state index is 0.840. The van der Waals surface area contributed by atoms with Crippen molar-refractivity contribution < 1.29 is 0 Å². The monoisotopic (exact) mass is 218 g/mol. The van der Waals surface area contributed by atoms with Crippen LogP contribution in [0.2, 0.25) is 0 Å². The van der Waals surface area contributed by atoms with Crippen LogP contribution in [0.5, 0.6) is 0 Å². The van der Waals surface area contributed by atoms with Gasteiger partial charge in [0.25, 0.3) is 0 Å². The Hall–Kier alpha value is -1.02. The smallest absolute Gasteiger partial charge is 0.0411 e. The lowest BCUT2D eigenvalue weighted by Crippen LogP contribution is -2.22. The second-order valence-corrected chi connectivity index (χ2v) is 4.75. The SMILES string of the molecule is CCNCc1ccccc1N1CCC(C)C1. The summed E-state index contributed by atoms with van der Waals surface area (Å²) < 4.78 is 0. The first-order valence-electron chi connectivity index (χ1n) is 6.35. The van der Waals surface area contributed by atoms with Gasteiger partial charge in [-0.3, -0.25) is 0 Å². The predicted octanol–water partition coefficient (Wildman–Crippen LogP) is 2.64. The van der Waals surface area contributed by atoms with Gasteiger partial charge >= 0.3 is 0 Å². The second-order valence-electron chi connectivity index (χ2n) is 4.75. The molecule has 2 heteroatoms. The Morgan fingerprint density at radius 2 is 2.19 bits per heavy atom. The van der Waals surface area contributed by atoms with E-state index in [1.165, 1.54) is 30.8 Å². The topological polar surface area (TPSA) is 15.3 Å². The molecule has 1 N–H and O–H groups in total. The molecule has 1 aromatic carbocycles. The van der Waals surface area contributed by atoms with Crippen molar-refractivity contribution in [2.45, 2.75) is 26.8 Å². The maximum Gasteiger partial charge on any atom is 0.0411 e. The maximum atomic E-state index is 3.41. The van der Waals surface area contributed by atoms with Crippen molar-refractivity contribution in [3.63, 3.8) is 0 Å². The van der Waals surface area contributed by atoms with Crippen molar-refractivity contribution in [1.82, 2.24) is 5.32 Å². The molecule has 0 spiro atoms. The number of nitrogens with zero attached hydrogens (tertiary/aromatic N) is 1. The molecule has 0 aliphatic carbocycles. The molecule has 1 aliphatic rings. The van der Waals surface area contributed by atoms with Crippen molar-refractivity contribution in [2.24, 2.45) is 5.92 Å². The molecule has 0 amide bonds. The first kappa shape index (κ1) is 11.5. The second kappa shape index (κ2) is 5.35. The highest BCUT2D eigenvalue weighted by atomic mass is 15.2. The summed E-state index contributed by atoms with van der Waals surface area (Å²) in [7, 11) is 0. The van der Waals surface area contributed by atoms with Crippen molar-refractivity contribution >= 4 is 5.69 Å². The molecule has 2 rings (SSSR count). The van der Waals surface area contributed by atoms with Crippen LogP contribution in [0, 0.1) is 5.92 Å². The van der Waals surface area contributed by atoms with E-state index < -0.39 is 0 Å². The highest BCUT2D eigenvalue weighted by Gasteiger charge is 2.20. The number of nitrogens with one attached hydrogen (secondary N) is 1. The average Bonchev–Trinajstić information content (AvgIpc) is 2.73. The van der Waals surface area contributed by atoms with Crippen LogP contribution in [0.1, 0.15) is 25.8 Å². The molecular formula is C14H22N2. The van der Waals surface area contributed by atoms with E-state index in [-0.39, 0.29) is 0 Å². The van der Waals surface area contributed by atoms with Gasteiger partial charge in [0.2, 0.25) is 0 Å². The Morgan fingerprint density at radius 1 is 1.38 bits per heavy atom. The van der Waals surface area contributed by atoms with Crippen LogP contribution in [-0.2, 0) is 6.54 Å². The van der Waals surface area contributed by atoms with Gasteiger partial charge in [0.05, 0.1) is 0 Å². The number of benzene rings is 1. The Balaban J connectivity index is 2.12. The molecule has 16 heavy (non-hydrogen) atoms. The van der Waals surface area contributed by atoms with E-state index >= 15 is 0 Å². The first-order chi connectivity index (χ1) is 7.81. The van der Waals surface area contributed by atoms with E-state index in [1.807, 2.05) is 0 Å². The predicted molar refractivity (Wildman–Crippen MR) is 69.8 cm³/mol. The summed E-state index contributed by atoms with van der Waals surface area (Å²) in [5, 5.41) is 3.41. The largest absolute Gasteiger partial charge is 0.371 e. The summed E-state index contributed by atoms with van der Waals surface area (Å²) in [5.41, 5.74) is 2.85. The highest BCUT2D eigenvalue weighted by Crippen LogP contribution is 2.26. The molecule has 0 aromatic heterocycles. The molecule has 0 radical (unpaired) electrons. The van der Waals surface area contributed by atoms with Crippen LogP contribution in [0.4, 0.5) is 5.69 Å². The van der Waals surface area contributed by atoms with Crippen LogP contribution in [0.15, 0.2) is 24.3 Å². The van der Waals surface area contributed by atoms with E-state index in [1.54, 1.807) is 0 Å². The van der Waals surface area contributed by atoms with Gasteiger partial charge in [-0.25, -0.2) is 0 Å². The van der Waals surface area contributed by atoms with E-state index in [0.717, 1.165) is 19.0 Å². The summed E-state index contributed by atoms with van der Waals surface area (Å²) in [6, 6.07) is 8.77. The zero-order chi connectivity index (χ0) is 11.4. The molecule has 88 valence electrons. The van der Waals surface area contributed by atoms with Crippen molar-refractivity contribution in [2.75, 3.05) is 24.5 Å². The minimum atomic E-state index is 0.840. The lowest BCUT2D eigenvalue weighted by molar-refractivity contribution is 0.658. The first-order valence-corrected chi connectivity index (χ1v) is 6.35. The summed E-state index contributed by atoms with van der Waals surface area (Å²) in [4.78, 5) is 2.53. The summed E-state index contributed by atoms with van der Waals surface area (Å²) in [6.07, 6.45) is 1.33. The third-order valence-corrected chi connectivity index (χ3v) is 3.32. The van der Waals surface area contributed by atoms with E-state index in [4.69, 9.17) is 0 Å². The maximum absolute atomic E-state index is 3.41. The van der Waals surface area contributed by atoms with Gasteiger partial charge in [-0.1, -0.05) is 32.0 Å². The number of hydrogen-bond acceptors (Lipinski definition) is 2. The fourth-order valence-corrected chi connectivity index (χ4v) is 2.38. The van der Waals surface area contributed by atoms with Gasteiger partial charge in [0.1, 0.15) is 0 Å². The number of para-hydroxylation sites is 1. The van der Waals surface area contributed by atoms with Crippen LogP contribution < -0.4 is 10.2 Å². The lowest BCUT2D eigenvalue weighted by Gasteiger charge is -2.22. The third-order valence-electron chi connectivity index (χ3n) is 3.32. The Bertz CT molecular complexity index is 335. The van der Waals surface area contributed by atoms with Crippen molar-refractivity contribution in [3.8, 4) is 0 Å². The number of hydrogen-bond donors (Lipinski definition) is 1. The summed E-state index contributed by atoms with van der Waals surface area (Å²) >= 11 is 0. The zero-order valence-corrected chi connectivity index (χ0v) is 10.4. The van der Waals surface area contributed by atoms with Crippen LogP contribution >= 0.6 is 0 Å². The van der Waals surface area contributed by atoms with Gasteiger partial charge in [-0.05, 0) is 30.5 Å². The normalized spacial score (nSPS) is 20.4. The molecule has 1 saturated heterocycles. The molecule has 2 nitrogen and oxygen atoms in total. The molecule has 0 bridgehead atoms. The summed E-state index contributed by atoms with van der Waals surface area (Å²) in [6.45, 7) is 8.93. The van der Waals surface area contributed by atoms with Gasteiger partial charge in [-0.15, -0.1) is 0 Å². The van der Waals surface area contributed by atoms with Gasteiger partial charge < -0.3 is 10.2 Å². The summed E-state index contributed by atoms with van der Waals surface area (Å²) in [5.74, 6) is 0.840. The Labute approximate surface area is 98.7 Å². The van der Waals surface area contributed by atoms with Crippen LogP contribution in [0.25, 0.3) is 0 Å². The molecule has 1 unspecified atom stereocenters. The lowest BCUT2D eigenvalue weighted by atomic mass is 10.1. The van der Waals surface area contributed by atoms with Crippen LogP contribution in [0.3, 0.4) is 0 Å². The quantitative estimate of drug-likeness (QED) is 0.836. The fraction of sp³-hybridized carbons (Fsp3) is 0.571. The molecule has 1 heterocycles. The van der Waals surface area contributed by atoms with Crippen LogP contribution in [-0.4, -0.2) is 19.6 Å². The van der Waals surface area contributed by atoms with Gasteiger partial charge in [-0.2, -0.15) is 0 Å². The Morgan fingerprint density at radius 3 is 2.88 bits per heavy atom. The zero-order valence-electron chi connectivity index (χ0n) is 10.4. The van der Waals surface area contributed by atoms with Gasteiger partial charge in [0, 0.05) is 25.3 Å². The standard InChI is InChI=1S/C14H22N2/c1-3-15-10-13-6-4-5-7-14(13)16-9-8-12(2)11-16/h4-7,12,15H,3,8-11H2,1-2H3. The highest BCUT2D eigenvalue weighted by molar-refractivity contribution is 5.54. The van der Waals surface area contributed by atoms with Crippen molar-refractivity contribution in [3.05, 3.63) is 29.8 Å². The molecular weight excluding hydrogens is 196 g/mol. The molecule has 1 fully saturated rings. The minimum Gasteiger partial charge on any atom is -0.371 e. The van der Waals surface area contributed by atoms with E-state index in [0.29, 0.717) is 0 Å². The molecule has 1 aromatic rings. The average molecular weight is 218 g/mol. The molecule has 0 saturated carbocycles. The number of anilines is 1. The van der Waals surface area contributed by atoms with Crippen molar-refractivity contribution in [1.29, 1.82) is 0 Å². The van der Waals surface area contributed by atoms with E-state index in [2.05, 4.69) is 48.3 Å². The Kier molecular flexibility index (Phi) is 3.83. The third kappa shape index (κ3) is 2.56. The number of rotatable bonds is 4. The van der Waals surface area contributed by atoms with E-state index in [9.17, 15) is 0 Å². The van der Waals surface area contributed by atoms with Gasteiger partial charge in [0.15, 0.2) is 0 Å². The molecule has 1 atom stereocenters. The molecule has 1 aliphatic heterocycles.